The summed E-state index contributed by atoms with van der Waals surface area (Å²) in [4.78, 5) is 21.8. The van der Waals surface area contributed by atoms with Crippen LogP contribution in [0, 0.1) is 0 Å². The molecule has 1 aromatic heterocycles. The number of thiazole rings is 1. The molecular weight excluding hydrogens is 270 g/mol. The number of hydrogen-bond donors (Lipinski definition) is 0. The zero-order chi connectivity index (χ0) is 14.1. The molecule has 3 rings (SSSR count). The SMILES string of the molecule is CC(C)c1nc(N2CCCN3CCCC3C2)sc1C=O. The average Bonchev–Trinajstić information content (AvgIpc) is 3.00. The molecule has 1 atom stereocenters. The standard InChI is InChI=1S/C15H23N3OS/c1-11(2)14-13(10-19)20-15(16-14)18-8-4-7-17-6-3-5-12(17)9-18/h10-12H,3-9H2,1-2H3. The Balaban J connectivity index is 1.82. The molecule has 0 bridgehead atoms. The highest BCUT2D eigenvalue weighted by atomic mass is 32.1. The Hall–Kier alpha value is -0.940. The molecular formula is C15H23N3OS. The van der Waals surface area contributed by atoms with E-state index in [9.17, 15) is 4.79 Å². The largest absolute Gasteiger partial charge is 0.346 e. The Kier molecular flexibility index (Phi) is 4.08. The maximum atomic E-state index is 11.2. The fraction of sp³-hybridized carbons (Fsp3) is 0.733. The number of rotatable bonds is 3. The Morgan fingerprint density at radius 2 is 2.10 bits per heavy atom. The summed E-state index contributed by atoms with van der Waals surface area (Å²) < 4.78 is 0. The molecule has 2 fully saturated rings. The lowest BCUT2D eigenvalue weighted by molar-refractivity contribution is 0.112. The lowest BCUT2D eigenvalue weighted by Crippen LogP contribution is -2.36. The zero-order valence-electron chi connectivity index (χ0n) is 12.3. The topological polar surface area (TPSA) is 36.4 Å². The molecule has 20 heavy (non-hydrogen) atoms. The number of anilines is 1. The molecule has 110 valence electrons. The molecule has 2 saturated heterocycles. The molecule has 1 unspecified atom stereocenters. The fourth-order valence-electron chi connectivity index (χ4n) is 3.35. The molecule has 4 nitrogen and oxygen atoms in total. The van der Waals surface area contributed by atoms with Gasteiger partial charge in [-0.3, -0.25) is 9.69 Å². The summed E-state index contributed by atoms with van der Waals surface area (Å²) in [6.45, 7) is 8.82. The number of carbonyl (C=O) groups is 1. The highest BCUT2D eigenvalue weighted by Gasteiger charge is 2.30. The maximum Gasteiger partial charge on any atom is 0.186 e. The zero-order valence-corrected chi connectivity index (χ0v) is 13.2. The van der Waals surface area contributed by atoms with Gasteiger partial charge in [0.2, 0.25) is 0 Å². The Morgan fingerprint density at radius 3 is 2.80 bits per heavy atom. The van der Waals surface area contributed by atoms with Gasteiger partial charge < -0.3 is 4.90 Å². The smallest absolute Gasteiger partial charge is 0.186 e. The van der Waals surface area contributed by atoms with Gasteiger partial charge in [-0.2, -0.15) is 0 Å². The third-order valence-corrected chi connectivity index (χ3v) is 5.46. The van der Waals surface area contributed by atoms with Gasteiger partial charge >= 0.3 is 0 Å². The van der Waals surface area contributed by atoms with Gasteiger partial charge in [-0.1, -0.05) is 25.2 Å². The first kappa shape index (κ1) is 14.0. The van der Waals surface area contributed by atoms with E-state index in [-0.39, 0.29) is 0 Å². The predicted octanol–water partition coefficient (Wildman–Crippen LogP) is 2.75. The minimum Gasteiger partial charge on any atom is -0.346 e. The van der Waals surface area contributed by atoms with Crippen molar-refractivity contribution in [1.82, 2.24) is 9.88 Å². The van der Waals surface area contributed by atoms with E-state index in [1.165, 1.54) is 32.4 Å². The number of carbonyl (C=O) groups excluding carboxylic acids is 1. The lowest BCUT2D eigenvalue weighted by atomic mass is 10.1. The minimum absolute atomic E-state index is 0.315. The molecule has 3 heterocycles. The third kappa shape index (κ3) is 2.61. The van der Waals surface area contributed by atoms with E-state index in [0.29, 0.717) is 12.0 Å². The predicted molar refractivity (Wildman–Crippen MR) is 83.0 cm³/mol. The van der Waals surface area contributed by atoms with E-state index in [2.05, 4.69) is 23.6 Å². The average molecular weight is 293 g/mol. The van der Waals surface area contributed by atoms with Crippen LogP contribution in [0.5, 0.6) is 0 Å². The minimum atomic E-state index is 0.315. The molecule has 1 aromatic rings. The Labute approximate surface area is 124 Å². The monoisotopic (exact) mass is 293 g/mol. The second-order valence-corrected chi connectivity index (χ2v) is 7.16. The van der Waals surface area contributed by atoms with E-state index >= 15 is 0 Å². The Morgan fingerprint density at radius 1 is 1.30 bits per heavy atom. The normalized spacial score (nSPS) is 23.9. The van der Waals surface area contributed by atoms with Crippen molar-refractivity contribution in [2.75, 3.05) is 31.1 Å². The van der Waals surface area contributed by atoms with Crippen molar-refractivity contribution < 1.29 is 4.79 Å². The molecule has 0 aromatic carbocycles. The van der Waals surface area contributed by atoms with Gasteiger partial charge in [-0.05, 0) is 31.7 Å². The van der Waals surface area contributed by atoms with E-state index in [0.717, 1.165) is 35.1 Å². The number of fused-ring (bicyclic) bond motifs is 1. The second-order valence-electron chi connectivity index (χ2n) is 6.15. The lowest BCUT2D eigenvalue weighted by Gasteiger charge is -2.25. The van der Waals surface area contributed by atoms with E-state index in [4.69, 9.17) is 4.98 Å². The van der Waals surface area contributed by atoms with Gasteiger partial charge in [0.1, 0.15) is 0 Å². The summed E-state index contributed by atoms with van der Waals surface area (Å²) in [6, 6.07) is 0.684. The van der Waals surface area contributed by atoms with Crippen LogP contribution in [0.2, 0.25) is 0 Å². The van der Waals surface area contributed by atoms with Crippen LogP contribution in [0.25, 0.3) is 0 Å². The maximum absolute atomic E-state index is 11.2. The van der Waals surface area contributed by atoms with Crippen molar-refractivity contribution in [3.8, 4) is 0 Å². The first-order valence-corrected chi connectivity index (χ1v) is 8.45. The van der Waals surface area contributed by atoms with Crippen molar-refractivity contribution >= 4 is 22.8 Å². The van der Waals surface area contributed by atoms with Crippen LogP contribution in [0.1, 0.15) is 54.4 Å². The molecule has 2 aliphatic heterocycles. The summed E-state index contributed by atoms with van der Waals surface area (Å²) in [5, 5.41) is 1.05. The van der Waals surface area contributed by atoms with Crippen molar-refractivity contribution in [1.29, 1.82) is 0 Å². The fourth-order valence-corrected chi connectivity index (χ4v) is 4.41. The van der Waals surface area contributed by atoms with Crippen LogP contribution in [0.15, 0.2) is 0 Å². The molecule has 0 saturated carbocycles. The number of aldehydes is 1. The first-order chi connectivity index (χ1) is 9.69. The molecule has 5 heteroatoms. The van der Waals surface area contributed by atoms with Crippen LogP contribution in [0.4, 0.5) is 5.13 Å². The first-order valence-electron chi connectivity index (χ1n) is 7.64. The van der Waals surface area contributed by atoms with E-state index in [1.54, 1.807) is 11.3 Å². The summed E-state index contributed by atoms with van der Waals surface area (Å²) >= 11 is 1.57. The Bertz CT molecular complexity index is 485. The quantitative estimate of drug-likeness (QED) is 0.803. The molecule has 0 N–H and O–H groups in total. The van der Waals surface area contributed by atoms with Gasteiger partial charge in [-0.25, -0.2) is 4.98 Å². The van der Waals surface area contributed by atoms with Crippen molar-refractivity contribution in [2.45, 2.75) is 45.1 Å². The summed E-state index contributed by atoms with van der Waals surface area (Å²) in [7, 11) is 0. The van der Waals surface area contributed by atoms with Gasteiger partial charge in [0, 0.05) is 25.7 Å². The molecule has 0 spiro atoms. The number of aromatic nitrogens is 1. The van der Waals surface area contributed by atoms with Gasteiger partial charge in [-0.15, -0.1) is 0 Å². The third-order valence-electron chi connectivity index (χ3n) is 4.40. The molecule has 0 amide bonds. The molecule has 0 radical (unpaired) electrons. The van der Waals surface area contributed by atoms with Crippen molar-refractivity contribution in [3.63, 3.8) is 0 Å². The van der Waals surface area contributed by atoms with Gasteiger partial charge in [0.15, 0.2) is 11.4 Å². The molecule has 2 aliphatic rings. The van der Waals surface area contributed by atoms with Crippen LogP contribution in [-0.2, 0) is 0 Å². The number of hydrogen-bond acceptors (Lipinski definition) is 5. The van der Waals surface area contributed by atoms with Crippen LogP contribution < -0.4 is 4.90 Å². The van der Waals surface area contributed by atoms with Crippen LogP contribution in [0.3, 0.4) is 0 Å². The number of nitrogens with zero attached hydrogens (tertiary/aromatic N) is 3. The molecule has 0 aliphatic carbocycles. The van der Waals surface area contributed by atoms with Crippen LogP contribution in [-0.4, -0.2) is 48.4 Å². The van der Waals surface area contributed by atoms with E-state index < -0.39 is 0 Å². The van der Waals surface area contributed by atoms with Gasteiger partial charge in [0.25, 0.3) is 0 Å². The highest BCUT2D eigenvalue weighted by molar-refractivity contribution is 7.17. The summed E-state index contributed by atoms with van der Waals surface area (Å²) in [5.41, 5.74) is 0.965. The summed E-state index contributed by atoms with van der Waals surface area (Å²) in [5.74, 6) is 0.315. The van der Waals surface area contributed by atoms with E-state index in [1.807, 2.05) is 0 Å². The second kappa shape index (κ2) is 5.82. The van der Waals surface area contributed by atoms with Crippen molar-refractivity contribution in [2.24, 2.45) is 0 Å². The highest BCUT2D eigenvalue weighted by Crippen LogP contribution is 2.32. The van der Waals surface area contributed by atoms with Gasteiger partial charge in [0.05, 0.1) is 10.6 Å². The summed E-state index contributed by atoms with van der Waals surface area (Å²) in [6.07, 6.45) is 4.80. The van der Waals surface area contributed by atoms with Crippen molar-refractivity contribution in [3.05, 3.63) is 10.6 Å². The van der Waals surface area contributed by atoms with Crippen LogP contribution >= 0.6 is 11.3 Å².